The van der Waals surface area contributed by atoms with Crippen molar-refractivity contribution in [3.05, 3.63) is 58.8 Å². The molecule has 0 bridgehead atoms. The molecule has 8 nitrogen and oxygen atoms in total. The van der Waals surface area contributed by atoms with Crippen LogP contribution in [-0.2, 0) is 14.6 Å². The maximum atomic E-state index is 12.5. The number of nitrogens with zero attached hydrogens (tertiary/aromatic N) is 1. The number of amides is 1. The number of aromatic nitrogens is 1. The molecule has 1 aromatic carbocycles. The molecule has 0 saturated heterocycles. The highest BCUT2D eigenvalue weighted by Crippen LogP contribution is 2.26. The normalized spacial score (nSPS) is 11.2. The molecular formula is C17H14N2O6S2. The number of esters is 1. The third kappa shape index (κ3) is 3.76. The van der Waals surface area contributed by atoms with Gasteiger partial charge >= 0.3 is 5.97 Å². The lowest BCUT2D eigenvalue weighted by Crippen LogP contribution is -2.10. The predicted molar refractivity (Wildman–Crippen MR) is 96.7 cm³/mol. The largest absolute Gasteiger partial charge is 0.465 e. The average Bonchev–Trinajstić information content (AvgIpc) is 3.29. The second-order valence-corrected chi connectivity index (χ2v) is 8.19. The van der Waals surface area contributed by atoms with E-state index in [4.69, 9.17) is 4.42 Å². The van der Waals surface area contributed by atoms with Crippen LogP contribution in [0.4, 0.5) is 5.13 Å². The Morgan fingerprint density at radius 1 is 1.15 bits per heavy atom. The van der Waals surface area contributed by atoms with E-state index in [-0.39, 0.29) is 25.8 Å². The summed E-state index contributed by atoms with van der Waals surface area (Å²) in [6, 6.07) is 10.2. The molecule has 27 heavy (non-hydrogen) atoms. The molecule has 0 saturated carbocycles. The van der Waals surface area contributed by atoms with E-state index in [1.54, 1.807) is 25.1 Å². The van der Waals surface area contributed by atoms with Crippen molar-refractivity contribution in [2.75, 3.05) is 12.4 Å². The number of methoxy groups -OCH3 is 1. The van der Waals surface area contributed by atoms with Gasteiger partial charge in [-0.1, -0.05) is 29.5 Å². The van der Waals surface area contributed by atoms with Crippen LogP contribution in [0.25, 0.3) is 0 Å². The number of furan rings is 1. The fourth-order valence-electron chi connectivity index (χ4n) is 2.19. The lowest BCUT2D eigenvalue weighted by Gasteiger charge is -2.01. The molecule has 1 N–H and O–H groups in total. The van der Waals surface area contributed by atoms with E-state index in [1.807, 2.05) is 0 Å². The minimum absolute atomic E-state index is 0.0598. The highest BCUT2D eigenvalue weighted by atomic mass is 32.2. The fourth-order valence-corrected chi connectivity index (χ4v) is 4.27. The van der Waals surface area contributed by atoms with Gasteiger partial charge in [0.15, 0.2) is 10.9 Å². The minimum Gasteiger partial charge on any atom is -0.465 e. The third-order valence-electron chi connectivity index (χ3n) is 3.51. The molecule has 0 unspecified atom stereocenters. The van der Waals surface area contributed by atoms with Crippen LogP contribution in [-0.4, -0.2) is 32.4 Å². The van der Waals surface area contributed by atoms with Gasteiger partial charge in [-0.3, -0.25) is 10.1 Å². The predicted octanol–water partition coefficient (Wildman–Crippen LogP) is 2.92. The number of carbonyl (C=O) groups is 2. The van der Waals surface area contributed by atoms with E-state index in [0.717, 1.165) is 11.3 Å². The third-order valence-corrected chi connectivity index (χ3v) is 6.21. The standard InChI is InChI=1S/C17H14N2O6S2/c1-10-14(16(21)24-2)26-17(18-10)19-15(20)12-8-9-13(25-12)27(22,23)11-6-4-3-5-7-11/h3-9H,1-2H3,(H,18,19,20). The molecule has 140 valence electrons. The summed E-state index contributed by atoms with van der Waals surface area (Å²) in [6.45, 7) is 1.61. The van der Waals surface area contributed by atoms with E-state index >= 15 is 0 Å². The van der Waals surface area contributed by atoms with Crippen LogP contribution in [0, 0.1) is 6.92 Å². The Labute approximate surface area is 158 Å². The maximum absolute atomic E-state index is 12.5. The number of ether oxygens (including phenoxy) is 1. The Morgan fingerprint density at radius 3 is 2.52 bits per heavy atom. The van der Waals surface area contributed by atoms with Gasteiger partial charge in [-0.15, -0.1) is 0 Å². The Balaban J connectivity index is 1.81. The molecule has 0 fully saturated rings. The number of hydrogen-bond acceptors (Lipinski definition) is 8. The van der Waals surface area contributed by atoms with Crippen molar-refractivity contribution in [2.45, 2.75) is 16.9 Å². The molecule has 1 amide bonds. The smallest absolute Gasteiger partial charge is 0.350 e. The quantitative estimate of drug-likeness (QED) is 0.648. The van der Waals surface area contributed by atoms with Crippen LogP contribution in [0.15, 0.2) is 56.9 Å². The lowest BCUT2D eigenvalue weighted by molar-refractivity contribution is 0.0605. The Kier molecular flexibility index (Phi) is 5.10. The van der Waals surface area contributed by atoms with Crippen molar-refractivity contribution in [3.8, 4) is 0 Å². The molecular weight excluding hydrogens is 392 g/mol. The molecule has 0 aliphatic rings. The Bertz CT molecular complexity index is 1100. The molecule has 0 atom stereocenters. The number of thiazole rings is 1. The van der Waals surface area contributed by atoms with Crippen LogP contribution in [0.3, 0.4) is 0 Å². The molecule has 10 heteroatoms. The van der Waals surface area contributed by atoms with E-state index in [2.05, 4.69) is 15.0 Å². The van der Waals surface area contributed by atoms with Gasteiger partial charge in [0.2, 0.25) is 14.9 Å². The summed E-state index contributed by atoms with van der Waals surface area (Å²) in [6.07, 6.45) is 0. The number of rotatable bonds is 5. The van der Waals surface area contributed by atoms with Crippen LogP contribution in [0.2, 0.25) is 0 Å². The Hall–Kier alpha value is -2.98. The zero-order chi connectivity index (χ0) is 19.6. The first kappa shape index (κ1) is 18.8. The zero-order valence-electron chi connectivity index (χ0n) is 14.3. The van der Waals surface area contributed by atoms with E-state index in [1.165, 1.54) is 31.4 Å². The van der Waals surface area contributed by atoms with Crippen LogP contribution >= 0.6 is 11.3 Å². The number of aryl methyl sites for hydroxylation is 1. The number of benzene rings is 1. The summed E-state index contributed by atoms with van der Waals surface area (Å²) in [5.41, 5.74) is 0.411. The molecule has 0 spiro atoms. The van der Waals surface area contributed by atoms with Crippen molar-refractivity contribution >= 4 is 38.2 Å². The van der Waals surface area contributed by atoms with Crippen LogP contribution in [0.5, 0.6) is 0 Å². The van der Waals surface area contributed by atoms with Gasteiger partial charge in [-0.2, -0.15) is 0 Å². The molecule has 2 aromatic heterocycles. The lowest BCUT2D eigenvalue weighted by atomic mass is 10.4. The maximum Gasteiger partial charge on any atom is 0.350 e. The molecule has 2 heterocycles. The van der Waals surface area contributed by atoms with Gasteiger partial charge in [0, 0.05) is 0 Å². The van der Waals surface area contributed by atoms with Crippen molar-refractivity contribution in [3.63, 3.8) is 0 Å². The minimum atomic E-state index is -3.86. The first-order valence-corrected chi connectivity index (χ1v) is 9.90. The van der Waals surface area contributed by atoms with Crippen molar-refractivity contribution in [1.82, 2.24) is 4.98 Å². The fraction of sp³-hybridized carbons (Fsp3) is 0.118. The summed E-state index contributed by atoms with van der Waals surface area (Å²) < 4.78 is 34.9. The number of hydrogen-bond donors (Lipinski definition) is 1. The van der Waals surface area contributed by atoms with Gasteiger partial charge in [0.05, 0.1) is 17.7 Å². The van der Waals surface area contributed by atoms with Crippen LogP contribution < -0.4 is 5.32 Å². The molecule has 0 aliphatic heterocycles. The summed E-state index contributed by atoms with van der Waals surface area (Å²) in [5.74, 6) is -1.44. The highest BCUT2D eigenvalue weighted by Gasteiger charge is 2.24. The monoisotopic (exact) mass is 406 g/mol. The second kappa shape index (κ2) is 7.33. The summed E-state index contributed by atoms with van der Waals surface area (Å²) in [7, 11) is -2.62. The average molecular weight is 406 g/mol. The SMILES string of the molecule is COC(=O)c1sc(NC(=O)c2ccc(S(=O)(=O)c3ccccc3)o2)nc1C. The van der Waals surface area contributed by atoms with Gasteiger partial charge in [0.1, 0.15) is 4.88 Å². The van der Waals surface area contributed by atoms with Crippen molar-refractivity contribution in [1.29, 1.82) is 0 Å². The highest BCUT2D eigenvalue weighted by molar-refractivity contribution is 7.91. The Morgan fingerprint density at radius 2 is 1.85 bits per heavy atom. The number of carbonyl (C=O) groups excluding carboxylic acids is 2. The molecule has 0 radical (unpaired) electrons. The zero-order valence-corrected chi connectivity index (χ0v) is 15.9. The van der Waals surface area contributed by atoms with Gasteiger partial charge in [-0.25, -0.2) is 18.2 Å². The van der Waals surface area contributed by atoms with Crippen LogP contribution in [0.1, 0.15) is 25.9 Å². The molecule has 0 aliphatic carbocycles. The van der Waals surface area contributed by atoms with Crippen molar-refractivity contribution in [2.24, 2.45) is 0 Å². The molecule has 3 aromatic rings. The summed E-state index contributed by atoms with van der Waals surface area (Å²) in [4.78, 5) is 28.3. The van der Waals surface area contributed by atoms with Crippen molar-refractivity contribution < 1.29 is 27.2 Å². The summed E-state index contributed by atoms with van der Waals surface area (Å²) in [5, 5.41) is 2.30. The summed E-state index contributed by atoms with van der Waals surface area (Å²) >= 11 is 0.947. The first-order valence-electron chi connectivity index (χ1n) is 7.60. The van der Waals surface area contributed by atoms with E-state index < -0.39 is 21.7 Å². The topological polar surface area (TPSA) is 116 Å². The molecule has 3 rings (SSSR count). The number of nitrogens with one attached hydrogen (secondary N) is 1. The van der Waals surface area contributed by atoms with Gasteiger partial charge in [-0.05, 0) is 31.2 Å². The van der Waals surface area contributed by atoms with E-state index in [0.29, 0.717) is 5.69 Å². The number of sulfone groups is 1. The van der Waals surface area contributed by atoms with Gasteiger partial charge in [0.25, 0.3) is 5.91 Å². The van der Waals surface area contributed by atoms with Gasteiger partial charge < -0.3 is 9.15 Å². The number of anilines is 1. The second-order valence-electron chi connectivity index (χ2n) is 5.31. The van der Waals surface area contributed by atoms with E-state index in [9.17, 15) is 18.0 Å². The first-order chi connectivity index (χ1) is 12.8.